The van der Waals surface area contributed by atoms with Crippen molar-refractivity contribution in [2.24, 2.45) is 0 Å². The maximum atomic E-state index is 12.3. The molecule has 0 aliphatic carbocycles. The number of carbonyl (C=O) groups excluding carboxylic acids is 1. The molecule has 23 heavy (non-hydrogen) atoms. The van der Waals surface area contributed by atoms with Crippen molar-refractivity contribution in [2.75, 3.05) is 26.6 Å². The van der Waals surface area contributed by atoms with Gasteiger partial charge in [-0.05, 0) is 40.6 Å². The molecule has 1 aliphatic heterocycles. The number of amides is 1. The monoisotopic (exact) mass is 335 g/mol. The van der Waals surface area contributed by atoms with Crippen LogP contribution in [0.15, 0.2) is 35.0 Å². The first kappa shape index (κ1) is 15.8. The molecule has 1 unspecified atom stereocenters. The third-order valence-electron chi connectivity index (χ3n) is 3.41. The minimum Gasteiger partial charge on any atom is -0.454 e. The molecule has 122 valence electrons. The Morgan fingerprint density at radius 2 is 2.22 bits per heavy atom. The third-order valence-corrected chi connectivity index (χ3v) is 4.11. The summed E-state index contributed by atoms with van der Waals surface area (Å²) in [5.41, 5.74) is 1.48. The van der Waals surface area contributed by atoms with Gasteiger partial charge in [-0.15, -0.1) is 0 Å². The summed E-state index contributed by atoms with van der Waals surface area (Å²) in [4.78, 5) is 12.3. The lowest BCUT2D eigenvalue weighted by Crippen LogP contribution is -2.29. The number of hydrogen-bond acceptors (Lipinski definition) is 6. The summed E-state index contributed by atoms with van der Waals surface area (Å²) in [5, 5.41) is 15.7. The van der Waals surface area contributed by atoms with E-state index in [0.29, 0.717) is 23.6 Å². The van der Waals surface area contributed by atoms with Crippen LogP contribution in [0.2, 0.25) is 0 Å². The van der Waals surface area contributed by atoms with Crippen molar-refractivity contribution in [2.45, 2.75) is 6.10 Å². The van der Waals surface area contributed by atoms with E-state index in [1.165, 1.54) is 0 Å². The van der Waals surface area contributed by atoms with Gasteiger partial charge in [-0.2, -0.15) is 11.3 Å². The van der Waals surface area contributed by atoms with Crippen LogP contribution >= 0.6 is 11.3 Å². The van der Waals surface area contributed by atoms with Gasteiger partial charge in [0.1, 0.15) is 6.10 Å². The highest BCUT2D eigenvalue weighted by Crippen LogP contribution is 2.32. The highest BCUT2D eigenvalue weighted by molar-refractivity contribution is 7.07. The summed E-state index contributed by atoms with van der Waals surface area (Å²) in [5.74, 6) is 1.00. The fourth-order valence-electron chi connectivity index (χ4n) is 2.25. The molecule has 0 fully saturated rings. The van der Waals surface area contributed by atoms with Gasteiger partial charge >= 0.3 is 0 Å². The molecule has 1 amide bonds. The van der Waals surface area contributed by atoms with Gasteiger partial charge in [-0.25, -0.2) is 0 Å². The first-order valence-electron chi connectivity index (χ1n) is 7.20. The number of rotatable bonds is 7. The van der Waals surface area contributed by atoms with Crippen LogP contribution in [0.5, 0.6) is 11.5 Å². The molecule has 0 radical (unpaired) electrons. The van der Waals surface area contributed by atoms with Crippen LogP contribution in [0.1, 0.15) is 22.0 Å². The molecule has 2 N–H and O–H groups in total. The van der Waals surface area contributed by atoms with Gasteiger partial charge in [-0.1, -0.05) is 0 Å². The number of ether oxygens (including phenoxy) is 3. The van der Waals surface area contributed by atoms with Gasteiger partial charge in [0.15, 0.2) is 11.5 Å². The largest absolute Gasteiger partial charge is 0.454 e. The summed E-state index contributed by atoms with van der Waals surface area (Å²) in [6, 6.07) is 7.01. The Hall–Kier alpha value is -2.09. The van der Waals surface area contributed by atoms with Gasteiger partial charge in [0, 0.05) is 12.1 Å². The van der Waals surface area contributed by atoms with Crippen LogP contribution in [-0.4, -0.2) is 37.6 Å². The second-order valence-electron chi connectivity index (χ2n) is 4.92. The number of aliphatic hydroxyl groups excluding tert-OH is 1. The molecule has 6 nitrogen and oxygen atoms in total. The van der Waals surface area contributed by atoms with Crippen molar-refractivity contribution in [3.05, 3.63) is 46.2 Å². The predicted molar refractivity (Wildman–Crippen MR) is 85.0 cm³/mol. The molecule has 1 aromatic carbocycles. The Bertz CT molecular complexity index is 658. The first-order chi connectivity index (χ1) is 11.3. The molecule has 1 aliphatic rings. The Labute approximate surface area is 137 Å². The van der Waals surface area contributed by atoms with Crippen LogP contribution in [-0.2, 0) is 4.74 Å². The number of hydrogen-bond donors (Lipinski definition) is 2. The summed E-state index contributed by atoms with van der Waals surface area (Å²) in [7, 11) is 0. The highest BCUT2D eigenvalue weighted by Gasteiger charge is 2.18. The average molecular weight is 335 g/mol. The Kier molecular flexibility index (Phi) is 5.12. The number of fused-ring (bicyclic) bond motifs is 1. The molecule has 0 saturated heterocycles. The molecule has 1 aromatic heterocycles. The molecule has 7 heteroatoms. The number of aliphatic hydroxyl groups is 1. The maximum absolute atomic E-state index is 12.3. The average Bonchev–Trinajstić information content (AvgIpc) is 3.25. The Morgan fingerprint density at radius 1 is 1.35 bits per heavy atom. The van der Waals surface area contributed by atoms with E-state index in [1.54, 1.807) is 29.5 Å². The fraction of sp³-hybridized carbons (Fsp3) is 0.312. The lowest BCUT2D eigenvalue weighted by Gasteiger charge is -2.17. The van der Waals surface area contributed by atoms with E-state index < -0.39 is 0 Å². The zero-order valence-electron chi connectivity index (χ0n) is 12.4. The van der Waals surface area contributed by atoms with Crippen molar-refractivity contribution in [1.29, 1.82) is 0 Å². The van der Waals surface area contributed by atoms with E-state index in [1.807, 2.05) is 16.8 Å². The van der Waals surface area contributed by atoms with E-state index in [2.05, 4.69) is 5.32 Å². The van der Waals surface area contributed by atoms with Crippen molar-refractivity contribution < 1.29 is 24.1 Å². The van der Waals surface area contributed by atoms with E-state index in [4.69, 9.17) is 19.3 Å². The predicted octanol–water partition coefficient (Wildman–Crippen LogP) is 1.96. The zero-order valence-corrected chi connectivity index (χ0v) is 13.2. The van der Waals surface area contributed by atoms with Gasteiger partial charge in [0.25, 0.3) is 5.91 Å². The van der Waals surface area contributed by atoms with E-state index >= 15 is 0 Å². The third kappa shape index (κ3) is 3.82. The molecule has 2 heterocycles. The number of thiophene rings is 1. The highest BCUT2D eigenvalue weighted by atomic mass is 32.1. The molecular weight excluding hydrogens is 318 g/mol. The van der Waals surface area contributed by atoms with E-state index in [-0.39, 0.29) is 32.0 Å². The Balaban J connectivity index is 1.62. The maximum Gasteiger partial charge on any atom is 0.251 e. The van der Waals surface area contributed by atoms with Crippen LogP contribution in [0.3, 0.4) is 0 Å². The molecule has 3 rings (SSSR count). The van der Waals surface area contributed by atoms with Gasteiger partial charge < -0.3 is 24.6 Å². The van der Waals surface area contributed by atoms with Crippen molar-refractivity contribution in [1.82, 2.24) is 5.32 Å². The molecular formula is C16H17NO5S. The fourth-order valence-corrected chi connectivity index (χ4v) is 2.95. The summed E-state index contributed by atoms with van der Waals surface area (Å²) in [6.07, 6.45) is -0.286. The number of carbonyl (C=O) groups is 1. The van der Waals surface area contributed by atoms with Crippen LogP contribution in [0, 0.1) is 0 Å². The van der Waals surface area contributed by atoms with E-state index in [9.17, 15) is 4.79 Å². The van der Waals surface area contributed by atoms with Crippen LogP contribution < -0.4 is 14.8 Å². The molecule has 0 spiro atoms. The topological polar surface area (TPSA) is 77.0 Å². The normalized spacial score (nSPS) is 13.8. The van der Waals surface area contributed by atoms with Crippen molar-refractivity contribution >= 4 is 17.2 Å². The minimum atomic E-state index is -0.286. The van der Waals surface area contributed by atoms with Crippen molar-refractivity contribution in [3.63, 3.8) is 0 Å². The van der Waals surface area contributed by atoms with Crippen LogP contribution in [0.4, 0.5) is 0 Å². The molecule has 2 aromatic rings. The lowest BCUT2D eigenvalue weighted by molar-refractivity contribution is 0.0279. The lowest BCUT2D eigenvalue weighted by atomic mass is 10.1. The Morgan fingerprint density at radius 3 is 3.00 bits per heavy atom. The van der Waals surface area contributed by atoms with Crippen molar-refractivity contribution in [3.8, 4) is 11.5 Å². The standard InChI is InChI=1S/C16H17NO5S/c18-4-5-20-15(12-3-6-23-9-12)8-17-16(19)11-1-2-13-14(7-11)22-10-21-13/h1-3,6-7,9,15,18H,4-5,8,10H2,(H,17,19). The second kappa shape index (κ2) is 7.45. The molecule has 0 bridgehead atoms. The first-order valence-corrected chi connectivity index (χ1v) is 8.14. The molecule has 0 saturated carbocycles. The minimum absolute atomic E-state index is 0.0588. The van der Waals surface area contributed by atoms with Gasteiger partial charge in [0.2, 0.25) is 6.79 Å². The van der Waals surface area contributed by atoms with Gasteiger partial charge in [0.05, 0.1) is 13.2 Å². The summed E-state index contributed by atoms with van der Waals surface area (Å²) in [6.45, 7) is 0.663. The summed E-state index contributed by atoms with van der Waals surface area (Å²) >= 11 is 1.56. The smallest absolute Gasteiger partial charge is 0.251 e. The number of benzene rings is 1. The number of nitrogens with one attached hydrogen (secondary N) is 1. The van der Waals surface area contributed by atoms with Gasteiger partial charge in [-0.3, -0.25) is 4.79 Å². The second-order valence-corrected chi connectivity index (χ2v) is 5.70. The zero-order chi connectivity index (χ0) is 16.1. The SMILES string of the molecule is O=C(NCC(OCCO)c1ccsc1)c1ccc2c(c1)OCO2. The quantitative estimate of drug-likeness (QED) is 0.809. The molecule has 1 atom stereocenters. The van der Waals surface area contributed by atoms with E-state index in [0.717, 1.165) is 5.56 Å². The van der Waals surface area contributed by atoms with Crippen LogP contribution in [0.25, 0.3) is 0 Å². The summed E-state index contributed by atoms with van der Waals surface area (Å²) < 4.78 is 16.1.